The van der Waals surface area contributed by atoms with E-state index in [9.17, 15) is 18.0 Å². The Hall–Kier alpha value is -2.15. The summed E-state index contributed by atoms with van der Waals surface area (Å²) in [5.74, 6) is -0.574. The quantitative estimate of drug-likeness (QED) is 0.716. The van der Waals surface area contributed by atoms with Crippen LogP contribution in [0.4, 0.5) is 0 Å². The lowest BCUT2D eigenvalue weighted by molar-refractivity contribution is 0.0943. The molecule has 0 radical (unpaired) electrons. The molecule has 132 valence electrons. The zero-order valence-electron chi connectivity index (χ0n) is 14.1. The molecule has 2 aliphatic heterocycles. The molecule has 0 bridgehead atoms. The lowest BCUT2D eigenvalue weighted by Gasteiger charge is -2.24. The minimum atomic E-state index is -3.60. The monoisotopic (exact) mass is 360 g/mol. The number of hydrogen-bond acceptors (Lipinski definition) is 6. The van der Waals surface area contributed by atoms with Crippen molar-refractivity contribution < 1.29 is 18.0 Å². The Morgan fingerprint density at radius 2 is 1.56 bits per heavy atom. The van der Waals surface area contributed by atoms with Crippen molar-refractivity contribution in [2.75, 3.05) is 31.9 Å². The molecule has 4 rings (SSSR count). The molecule has 2 saturated heterocycles. The first-order chi connectivity index (χ1) is 12.0. The summed E-state index contributed by atoms with van der Waals surface area (Å²) < 4.78 is 25.5. The van der Waals surface area contributed by atoms with Crippen LogP contribution in [0.1, 0.15) is 40.5 Å². The van der Waals surface area contributed by atoms with E-state index in [0.29, 0.717) is 17.8 Å². The van der Waals surface area contributed by atoms with Crippen LogP contribution in [0.2, 0.25) is 0 Å². The molecular formula is C18H20N2O4S. The molecule has 0 spiro atoms. The molecule has 6 nitrogen and oxygen atoms in total. The normalized spacial score (nSPS) is 19.4. The summed E-state index contributed by atoms with van der Waals surface area (Å²) in [5.41, 5.74) is 1.11. The van der Waals surface area contributed by atoms with E-state index >= 15 is 0 Å². The van der Waals surface area contributed by atoms with Crippen LogP contribution in [0.5, 0.6) is 0 Å². The number of Topliss-reactive ketones (excluding diaryl/α,β-unsaturated/α-hetero) is 2. The van der Waals surface area contributed by atoms with Crippen molar-refractivity contribution in [3.63, 3.8) is 0 Å². The van der Waals surface area contributed by atoms with Crippen LogP contribution in [-0.2, 0) is 9.84 Å². The summed E-state index contributed by atoms with van der Waals surface area (Å²) in [6.45, 7) is 4.89. The van der Waals surface area contributed by atoms with Gasteiger partial charge in [0.2, 0.25) is 11.6 Å². The number of nitrogens with zero attached hydrogens (tertiary/aromatic N) is 2. The van der Waals surface area contributed by atoms with Crippen LogP contribution in [-0.4, -0.2) is 61.7 Å². The average molecular weight is 360 g/mol. The Bertz CT molecular complexity index is 909. The second kappa shape index (κ2) is 5.69. The van der Waals surface area contributed by atoms with Gasteiger partial charge in [-0.3, -0.25) is 9.59 Å². The van der Waals surface area contributed by atoms with Gasteiger partial charge in [0.1, 0.15) is 11.4 Å². The summed E-state index contributed by atoms with van der Waals surface area (Å²) in [7, 11) is -3.60. The van der Waals surface area contributed by atoms with E-state index in [0.717, 1.165) is 32.6 Å². The highest BCUT2D eigenvalue weighted by molar-refractivity contribution is 7.91. The number of fused-ring (bicyclic) bond motifs is 1. The molecule has 0 amide bonds. The number of benzene rings is 1. The van der Waals surface area contributed by atoms with Gasteiger partial charge in [-0.15, -0.1) is 0 Å². The third-order valence-electron chi connectivity index (χ3n) is 4.78. The van der Waals surface area contributed by atoms with Gasteiger partial charge in [-0.1, -0.05) is 25.5 Å². The Labute approximate surface area is 147 Å². The van der Waals surface area contributed by atoms with E-state index in [2.05, 4.69) is 0 Å². The lowest BCUT2D eigenvalue weighted by Crippen LogP contribution is -2.31. The Kier molecular flexibility index (Phi) is 3.72. The fourth-order valence-corrected chi connectivity index (χ4v) is 4.94. The van der Waals surface area contributed by atoms with Crippen molar-refractivity contribution in [2.45, 2.75) is 24.7 Å². The third-order valence-corrected chi connectivity index (χ3v) is 6.62. The van der Waals surface area contributed by atoms with Gasteiger partial charge in [0.05, 0.1) is 16.2 Å². The molecule has 0 saturated carbocycles. The first kappa shape index (κ1) is 16.3. The van der Waals surface area contributed by atoms with Gasteiger partial charge in [0.25, 0.3) is 0 Å². The van der Waals surface area contributed by atoms with E-state index in [1.807, 2.05) is 16.7 Å². The van der Waals surface area contributed by atoms with E-state index < -0.39 is 9.84 Å². The predicted molar refractivity (Wildman–Crippen MR) is 92.2 cm³/mol. The fourth-order valence-electron chi connectivity index (χ4n) is 3.25. The van der Waals surface area contributed by atoms with Crippen LogP contribution in [0.3, 0.4) is 0 Å². The molecule has 2 fully saturated rings. The number of sulfone groups is 1. The smallest absolute Gasteiger partial charge is 0.213 e. The Morgan fingerprint density at radius 3 is 2.12 bits per heavy atom. The van der Waals surface area contributed by atoms with Crippen LogP contribution in [0.15, 0.2) is 34.5 Å². The molecule has 2 heterocycles. The summed E-state index contributed by atoms with van der Waals surface area (Å²) in [6, 6.07) is 4.58. The largest absolute Gasteiger partial charge is 0.363 e. The SMILES string of the molecule is CCCCS(=O)(=O)c1cccc2c1C(=O)C(N1CC1)=C(N1CC1)C2=O. The maximum absolute atomic E-state index is 13.2. The number of carbonyl (C=O) groups excluding carboxylic acids is 2. The van der Waals surface area contributed by atoms with E-state index in [-0.39, 0.29) is 33.3 Å². The van der Waals surface area contributed by atoms with E-state index in [1.165, 1.54) is 6.07 Å². The molecule has 1 aromatic carbocycles. The van der Waals surface area contributed by atoms with Crippen molar-refractivity contribution in [3.8, 4) is 0 Å². The number of rotatable bonds is 6. The second-order valence-corrected chi connectivity index (χ2v) is 8.76. The molecule has 7 heteroatoms. The minimum Gasteiger partial charge on any atom is -0.363 e. The zero-order chi connectivity index (χ0) is 17.8. The van der Waals surface area contributed by atoms with Gasteiger partial charge in [-0.05, 0) is 12.5 Å². The lowest BCUT2D eigenvalue weighted by atomic mass is 9.90. The number of hydrogen-bond donors (Lipinski definition) is 0. The number of allylic oxidation sites excluding steroid dienone is 2. The number of unbranched alkanes of at least 4 members (excludes halogenated alkanes) is 1. The Balaban J connectivity index is 1.88. The van der Waals surface area contributed by atoms with Crippen molar-refractivity contribution in [2.24, 2.45) is 0 Å². The standard InChI is InChI=1S/C18H20N2O4S/c1-2-3-11-25(23,24)13-6-4-5-12-14(13)18(22)16(20-9-10-20)15(17(12)21)19-7-8-19/h4-6H,2-3,7-11H2,1H3. The highest BCUT2D eigenvalue weighted by Gasteiger charge is 2.44. The molecule has 0 N–H and O–H groups in total. The summed E-state index contributed by atoms with van der Waals surface area (Å²) in [4.78, 5) is 29.9. The zero-order valence-corrected chi connectivity index (χ0v) is 14.9. The molecular weight excluding hydrogens is 340 g/mol. The molecule has 3 aliphatic rings. The van der Waals surface area contributed by atoms with Gasteiger partial charge in [0, 0.05) is 31.7 Å². The molecule has 0 atom stereocenters. The number of carbonyl (C=O) groups is 2. The topological polar surface area (TPSA) is 74.3 Å². The maximum atomic E-state index is 13.2. The molecule has 1 aliphatic carbocycles. The molecule has 1 aromatic rings. The van der Waals surface area contributed by atoms with Crippen LogP contribution >= 0.6 is 0 Å². The van der Waals surface area contributed by atoms with E-state index in [1.54, 1.807) is 12.1 Å². The van der Waals surface area contributed by atoms with Crippen molar-refractivity contribution in [3.05, 3.63) is 40.7 Å². The molecule has 0 aromatic heterocycles. The minimum absolute atomic E-state index is 0.000923. The third kappa shape index (κ3) is 2.66. The highest BCUT2D eigenvalue weighted by Crippen LogP contribution is 2.37. The fraction of sp³-hybridized carbons (Fsp3) is 0.444. The highest BCUT2D eigenvalue weighted by atomic mass is 32.2. The van der Waals surface area contributed by atoms with Crippen LogP contribution < -0.4 is 0 Å². The first-order valence-corrected chi connectivity index (χ1v) is 10.3. The Morgan fingerprint density at radius 1 is 0.960 bits per heavy atom. The average Bonchev–Trinajstić information content (AvgIpc) is 3.47. The van der Waals surface area contributed by atoms with Crippen molar-refractivity contribution >= 4 is 21.4 Å². The van der Waals surface area contributed by atoms with Crippen molar-refractivity contribution in [1.82, 2.24) is 9.80 Å². The predicted octanol–water partition coefficient (Wildman–Crippen LogP) is 1.48. The first-order valence-electron chi connectivity index (χ1n) is 8.65. The number of ketones is 2. The van der Waals surface area contributed by atoms with Gasteiger partial charge >= 0.3 is 0 Å². The molecule has 25 heavy (non-hydrogen) atoms. The van der Waals surface area contributed by atoms with Gasteiger partial charge < -0.3 is 9.80 Å². The van der Waals surface area contributed by atoms with Gasteiger partial charge in [-0.2, -0.15) is 0 Å². The molecule has 0 unspecified atom stereocenters. The summed E-state index contributed by atoms with van der Waals surface area (Å²) in [6.07, 6.45) is 1.28. The van der Waals surface area contributed by atoms with Crippen molar-refractivity contribution in [1.29, 1.82) is 0 Å². The summed E-state index contributed by atoms with van der Waals surface area (Å²) in [5, 5.41) is 0. The summed E-state index contributed by atoms with van der Waals surface area (Å²) >= 11 is 0. The van der Waals surface area contributed by atoms with Gasteiger partial charge in [0.15, 0.2) is 9.84 Å². The van der Waals surface area contributed by atoms with Crippen LogP contribution in [0, 0.1) is 0 Å². The second-order valence-electron chi connectivity index (χ2n) is 6.68. The maximum Gasteiger partial charge on any atom is 0.213 e. The van der Waals surface area contributed by atoms with Gasteiger partial charge in [-0.25, -0.2) is 8.42 Å². The van der Waals surface area contributed by atoms with E-state index in [4.69, 9.17) is 0 Å². The van der Waals surface area contributed by atoms with Crippen LogP contribution in [0.25, 0.3) is 0 Å².